The van der Waals surface area contributed by atoms with Gasteiger partial charge in [-0.1, -0.05) is 164 Å². The molecular formula is C46H32N2. The van der Waals surface area contributed by atoms with Crippen molar-refractivity contribution in [1.29, 1.82) is 0 Å². The van der Waals surface area contributed by atoms with Crippen LogP contribution in [-0.2, 0) is 0 Å². The molecular weight excluding hydrogens is 581 g/mol. The summed E-state index contributed by atoms with van der Waals surface area (Å²) in [4.78, 5) is 10.1. The molecule has 8 aromatic rings. The SMILES string of the molecule is c1ccc(-c2cc(-c3ccc(-c4cccc(-c5cc(-c6ccccc6)nc(-c6ccccc6)c5)c4)cc3)cc(-c3ccccc3)n2)cc1. The lowest BCUT2D eigenvalue weighted by atomic mass is 9.95. The molecule has 48 heavy (non-hydrogen) atoms. The van der Waals surface area contributed by atoms with E-state index in [1.807, 2.05) is 24.3 Å². The Hall–Kier alpha value is -6.38. The Morgan fingerprint density at radius 1 is 0.188 bits per heavy atom. The lowest BCUT2D eigenvalue weighted by Gasteiger charge is -2.12. The largest absolute Gasteiger partial charge is 0.248 e. The molecule has 0 amide bonds. The number of hydrogen-bond donors (Lipinski definition) is 0. The van der Waals surface area contributed by atoms with E-state index in [4.69, 9.17) is 9.97 Å². The van der Waals surface area contributed by atoms with Gasteiger partial charge in [0.25, 0.3) is 0 Å². The molecule has 0 spiro atoms. The van der Waals surface area contributed by atoms with Gasteiger partial charge in [-0.05, 0) is 63.7 Å². The summed E-state index contributed by atoms with van der Waals surface area (Å²) in [6.07, 6.45) is 0. The standard InChI is InChI=1S/C46H32N2/c1-5-14-35(15-6-1)43-29-41(30-44(47-43)36-16-7-2-8-17-36)34-26-24-33(25-27-34)39-22-13-23-40(28-39)42-31-45(37-18-9-3-10-19-37)48-46(32-42)38-20-11-4-12-21-38/h1-32H. The van der Waals surface area contributed by atoms with E-state index in [0.29, 0.717) is 0 Å². The van der Waals surface area contributed by atoms with Crippen LogP contribution in [-0.4, -0.2) is 9.97 Å². The van der Waals surface area contributed by atoms with Gasteiger partial charge in [-0.3, -0.25) is 0 Å². The van der Waals surface area contributed by atoms with Crippen LogP contribution in [0.5, 0.6) is 0 Å². The molecule has 0 saturated heterocycles. The summed E-state index contributed by atoms with van der Waals surface area (Å²) in [6.45, 7) is 0. The summed E-state index contributed by atoms with van der Waals surface area (Å²) in [5.74, 6) is 0. The van der Waals surface area contributed by atoms with Crippen molar-refractivity contribution < 1.29 is 0 Å². The molecule has 8 rings (SSSR count). The summed E-state index contributed by atoms with van der Waals surface area (Å²) in [6, 6.07) is 68.0. The monoisotopic (exact) mass is 612 g/mol. The molecule has 226 valence electrons. The van der Waals surface area contributed by atoms with Crippen LogP contribution in [0.3, 0.4) is 0 Å². The smallest absolute Gasteiger partial charge is 0.0715 e. The third kappa shape index (κ3) is 6.20. The molecule has 0 fully saturated rings. The first-order valence-corrected chi connectivity index (χ1v) is 16.2. The fourth-order valence-corrected chi connectivity index (χ4v) is 6.16. The van der Waals surface area contributed by atoms with Gasteiger partial charge in [-0.25, -0.2) is 9.97 Å². The zero-order valence-electron chi connectivity index (χ0n) is 26.4. The molecule has 2 nitrogen and oxygen atoms in total. The average Bonchev–Trinajstić information content (AvgIpc) is 3.19. The summed E-state index contributed by atoms with van der Waals surface area (Å²) >= 11 is 0. The van der Waals surface area contributed by atoms with Crippen LogP contribution < -0.4 is 0 Å². The van der Waals surface area contributed by atoms with Crippen LogP contribution in [0, 0.1) is 0 Å². The van der Waals surface area contributed by atoms with Gasteiger partial charge in [0.1, 0.15) is 0 Å². The maximum atomic E-state index is 5.06. The van der Waals surface area contributed by atoms with Gasteiger partial charge in [-0.15, -0.1) is 0 Å². The summed E-state index contributed by atoms with van der Waals surface area (Å²) in [5.41, 5.74) is 15.2. The van der Waals surface area contributed by atoms with E-state index in [1.54, 1.807) is 0 Å². The highest BCUT2D eigenvalue weighted by Gasteiger charge is 2.12. The summed E-state index contributed by atoms with van der Waals surface area (Å²) in [5, 5.41) is 0. The zero-order valence-corrected chi connectivity index (χ0v) is 26.4. The second kappa shape index (κ2) is 13.2. The normalized spacial score (nSPS) is 10.9. The Bertz CT molecular complexity index is 2180. The first-order chi connectivity index (χ1) is 23.8. The highest BCUT2D eigenvalue weighted by molar-refractivity contribution is 5.81. The quantitative estimate of drug-likeness (QED) is 0.179. The van der Waals surface area contributed by atoms with Crippen molar-refractivity contribution in [2.24, 2.45) is 0 Å². The van der Waals surface area contributed by atoms with Crippen LogP contribution in [0.1, 0.15) is 0 Å². The molecule has 0 aliphatic rings. The fourth-order valence-electron chi connectivity index (χ4n) is 6.16. The van der Waals surface area contributed by atoms with Crippen molar-refractivity contribution in [2.45, 2.75) is 0 Å². The number of nitrogens with zero attached hydrogens (tertiary/aromatic N) is 2. The first-order valence-electron chi connectivity index (χ1n) is 16.2. The highest BCUT2D eigenvalue weighted by atomic mass is 14.7. The Kier molecular flexibility index (Phi) is 7.96. The molecule has 0 atom stereocenters. The molecule has 2 heteroatoms. The molecule has 2 heterocycles. The van der Waals surface area contributed by atoms with Crippen molar-refractivity contribution in [2.75, 3.05) is 0 Å². The van der Waals surface area contributed by atoms with Crippen molar-refractivity contribution in [1.82, 2.24) is 9.97 Å². The second-order valence-corrected chi connectivity index (χ2v) is 11.9. The van der Waals surface area contributed by atoms with Crippen LogP contribution in [0.2, 0.25) is 0 Å². The average molecular weight is 613 g/mol. The number of aromatic nitrogens is 2. The Balaban J connectivity index is 1.16. The molecule has 0 N–H and O–H groups in total. The van der Waals surface area contributed by atoms with Gasteiger partial charge >= 0.3 is 0 Å². The number of hydrogen-bond acceptors (Lipinski definition) is 2. The van der Waals surface area contributed by atoms with E-state index in [9.17, 15) is 0 Å². The van der Waals surface area contributed by atoms with Crippen LogP contribution in [0.4, 0.5) is 0 Å². The third-order valence-electron chi connectivity index (χ3n) is 8.68. The second-order valence-electron chi connectivity index (χ2n) is 11.9. The molecule has 0 saturated carbocycles. The van der Waals surface area contributed by atoms with E-state index in [-0.39, 0.29) is 0 Å². The van der Waals surface area contributed by atoms with Gasteiger partial charge in [0.05, 0.1) is 22.8 Å². The molecule has 2 aromatic heterocycles. The van der Waals surface area contributed by atoms with Crippen molar-refractivity contribution in [3.05, 3.63) is 194 Å². The fraction of sp³-hybridized carbons (Fsp3) is 0. The topological polar surface area (TPSA) is 25.8 Å². The Morgan fingerprint density at radius 2 is 0.458 bits per heavy atom. The molecule has 0 aliphatic carbocycles. The van der Waals surface area contributed by atoms with E-state index in [1.165, 1.54) is 11.1 Å². The number of rotatable bonds is 7. The minimum atomic E-state index is 0.962. The molecule has 0 radical (unpaired) electrons. The maximum Gasteiger partial charge on any atom is 0.0715 e. The zero-order chi connectivity index (χ0) is 32.1. The van der Waals surface area contributed by atoms with Gasteiger partial charge in [0, 0.05) is 22.3 Å². The van der Waals surface area contributed by atoms with E-state index < -0.39 is 0 Å². The minimum Gasteiger partial charge on any atom is -0.248 e. The molecule has 0 unspecified atom stereocenters. The lowest BCUT2D eigenvalue weighted by molar-refractivity contribution is 1.32. The Labute approximate surface area is 281 Å². The van der Waals surface area contributed by atoms with E-state index in [0.717, 1.165) is 67.3 Å². The predicted molar refractivity (Wildman–Crippen MR) is 200 cm³/mol. The first kappa shape index (κ1) is 29.1. The van der Waals surface area contributed by atoms with Crippen LogP contribution >= 0.6 is 0 Å². The van der Waals surface area contributed by atoms with Gasteiger partial charge in [0.15, 0.2) is 0 Å². The van der Waals surface area contributed by atoms with Gasteiger partial charge in [0.2, 0.25) is 0 Å². The maximum absolute atomic E-state index is 5.06. The Morgan fingerprint density at radius 3 is 0.812 bits per heavy atom. The third-order valence-corrected chi connectivity index (χ3v) is 8.68. The van der Waals surface area contributed by atoms with Crippen molar-refractivity contribution in [3.8, 4) is 78.4 Å². The molecule has 0 aliphatic heterocycles. The minimum absolute atomic E-state index is 0.962. The predicted octanol–water partition coefficient (Wildman–Crippen LogP) is 12.1. The summed E-state index contributed by atoms with van der Waals surface area (Å²) < 4.78 is 0. The van der Waals surface area contributed by atoms with Crippen LogP contribution in [0.25, 0.3) is 78.4 Å². The van der Waals surface area contributed by atoms with Gasteiger partial charge < -0.3 is 0 Å². The number of pyridine rings is 2. The van der Waals surface area contributed by atoms with Crippen molar-refractivity contribution in [3.63, 3.8) is 0 Å². The lowest BCUT2D eigenvalue weighted by Crippen LogP contribution is -1.92. The van der Waals surface area contributed by atoms with Gasteiger partial charge in [-0.2, -0.15) is 0 Å². The van der Waals surface area contributed by atoms with E-state index >= 15 is 0 Å². The summed E-state index contributed by atoms with van der Waals surface area (Å²) in [7, 11) is 0. The number of benzene rings is 6. The highest BCUT2D eigenvalue weighted by Crippen LogP contribution is 2.34. The molecule has 0 bridgehead atoms. The van der Waals surface area contributed by atoms with Crippen molar-refractivity contribution >= 4 is 0 Å². The van der Waals surface area contributed by atoms with Crippen LogP contribution in [0.15, 0.2) is 194 Å². The molecule has 6 aromatic carbocycles. The van der Waals surface area contributed by atoms with E-state index in [2.05, 4.69) is 170 Å².